The van der Waals surface area contributed by atoms with Crippen LogP contribution in [0.3, 0.4) is 0 Å². The number of amides is 2. The Kier molecular flexibility index (Phi) is 3.76. The van der Waals surface area contributed by atoms with Crippen molar-refractivity contribution in [1.29, 1.82) is 0 Å². The van der Waals surface area contributed by atoms with Gasteiger partial charge < -0.3 is 4.98 Å². The van der Waals surface area contributed by atoms with Crippen molar-refractivity contribution in [2.45, 2.75) is 0 Å². The van der Waals surface area contributed by atoms with E-state index in [-0.39, 0.29) is 5.15 Å². The van der Waals surface area contributed by atoms with Gasteiger partial charge >= 0.3 is 0 Å². The molecule has 7 heteroatoms. The van der Waals surface area contributed by atoms with Crippen LogP contribution in [0.5, 0.6) is 0 Å². The standard InChI is InChI=1S/C15H11ClN4O2/c16-13-7-9(5-6-17-13)14(21)19-20-15(22)11-8-18-12-4-2-1-3-10(11)12/h1-8,18H,(H,19,21)(H,20,22). The molecule has 6 nitrogen and oxygen atoms in total. The summed E-state index contributed by atoms with van der Waals surface area (Å²) in [4.78, 5) is 30.8. The van der Waals surface area contributed by atoms with E-state index < -0.39 is 11.8 Å². The Balaban J connectivity index is 1.71. The highest BCUT2D eigenvalue weighted by molar-refractivity contribution is 6.29. The summed E-state index contributed by atoms with van der Waals surface area (Å²) in [6.07, 6.45) is 3.01. The lowest BCUT2D eigenvalue weighted by atomic mass is 10.2. The van der Waals surface area contributed by atoms with E-state index in [2.05, 4.69) is 20.8 Å². The Morgan fingerprint density at radius 3 is 2.68 bits per heavy atom. The van der Waals surface area contributed by atoms with Gasteiger partial charge in [0.05, 0.1) is 5.56 Å². The number of nitrogens with zero attached hydrogens (tertiary/aromatic N) is 1. The molecule has 0 aliphatic heterocycles. The van der Waals surface area contributed by atoms with E-state index in [9.17, 15) is 9.59 Å². The number of hydrogen-bond acceptors (Lipinski definition) is 3. The highest BCUT2D eigenvalue weighted by atomic mass is 35.5. The summed E-state index contributed by atoms with van der Waals surface area (Å²) < 4.78 is 0. The zero-order chi connectivity index (χ0) is 15.5. The number of para-hydroxylation sites is 1. The number of hydrogen-bond donors (Lipinski definition) is 3. The van der Waals surface area contributed by atoms with Crippen LogP contribution in [-0.2, 0) is 0 Å². The number of pyridine rings is 1. The molecule has 0 saturated carbocycles. The number of benzene rings is 1. The van der Waals surface area contributed by atoms with E-state index in [1.807, 2.05) is 24.3 Å². The predicted octanol–water partition coefficient (Wildman–Crippen LogP) is 2.29. The van der Waals surface area contributed by atoms with Crippen LogP contribution in [0.25, 0.3) is 10.9 Å². The molecule has 0 saturated heterocycles. The molecule has 0 bridgehead atoms. The zero-order valence-electron chi connectivity index (χ0n) is 11.3. The van der Waals surface area contributed by atoms with Crippen molar-refractivity contribution in [3.63, 3.8) is 0 Å². The van der Waals surface area contributed by atoms with Gasteiger partial charge in [-0.15, -0.1) is 0 Å². The van der Waals surface area contributed by atoms with Gasteiger partial charge in [0.2, 0.25) is 0 Å². The number of aromatic nitrogens is 2. The fourth-order valence-corrected chi connectivity index (χ4v) is 2.23. The van der Waals surface area contributed by atoms with Gasteiger partial charge in [-0.3, -0.25) is 20.4 Å². The zero-order valence-corrected chi connectivity index (χ0v) is 12.0. The van der Waals surface area contributed by atoms with Crippen LogP contribution >= 0.6 is 11.6 Å². The molecule has 3 N–H and O–H groups in total. The second-order valence-corrected chi connectivity index (χ2v) is 4.91. The molecule has 110 valence electrons. The van der Waals surface area contributed by atoms with Gasteiger partial charge in [0, 0.05) is 28.9 Å². The molecule has 0 aliphatic carbocycles. The quantitative estimate of drug-likeness (QED) is 0.501. The molecule has 1 aromatic carbocycles. The average Bonchev–Trinajstić information content (AvgIpc) is 2.96. The van der Waals surface area contributed by atoms with Crippen molar-refractivity contribution in [3.8, 4) is 0 Å². The molecule has 3 rings (SSSR count). The molecule has 2 amide bonds. The molecular formula is C15H11ClN4O2. The summed E-state index contributed by atoms with van der Waals surface area (Å²) in [6, 6.07) is 10.3. The predicted molar refractivity (Wildman–Crippen MR) is 82.5 cm³/mol. The van der Waals surface area contributed by atoms with E-state index in [1.165, 1.54) is 18.3 Å². The second kappa shape index (κ2) is 5.87. The first kappa shape index (κ1) is 14.1. The number of carbonyl (C=O) groups is 2. The third kappa shape index (κ3) is 2.77. The molecule has 0 spiro atoms. The van der Waals surface area contributed by atoms with Gasteiger partial charge in [-0.25, -0.2) is 4.98 Å². The Morgan fingerprint density at radius 1 is 1.09 bits per heavy atom. The smallest absolute Gasteiger partial charge is 0.271 e. The number of H-pyrrole nitrogens is 1. The molecule has 0 unspecified atom stereocenters. The monoisotopic (exact) mass is 314 g/mol. The maximum Gasteiger partial charge on any atom is 0.271 e. The lowest BCUT2D eigenvalue weighted by Crippen LogP contribution is -2.41. The highest BCUT2D eigenvalue weighted by Gasteiger charge is 2.13. The summed E-state index contributed by atoms with van der Waals surface area (Å²) in [5, 5.41) is 0.983. The van der Waals surface area contributed by atoms with Gasteiger partial charge in [-0.1, -0.05) is 29.8 Å². The summed E-state index contributed by atoms with van der Waals surface area (Å²) in [5.41, 5.74) is 6.31. The lowest BCUT2D eigenvalue weighted by Gasteiger charge is -2.06. The van der Waals surface area contributed by atoms with Crippen molar-refractivity contribution >= 4 is 34.3 Å². The fourth-order valence-electron chi connectivity index (χ4n) is 2.06. The summed E-state index contributed by atoms with van der Waals surface area (Å²) >= 11 is 5.72. The Morgan fingerprint density at radius 2 is 1.86 bits per heavy atom. The summed E-state index contributed by atoms with van der Waals surface area (Å²) in [5.74, 6) is -0.886. The van der Waals surface area contributed by atoms with Crippen LogP contribution in [0.4, 0.5) is 0 Å². The van der Waals surface area contributed by atoms with E-state index in [0.717, 1.165) is 10.9 Å². The molecule has 2 aromatic heterocycles. The number of fused-ring (bicyclic) bond motifs is 1. The van der Waals surface area contributed by atoms with Crippen LogP contribution in [0.15, 0.2) is 48.8 Å². The minimum Gasteiger partial charge on any atom is -0.360 e. The van der Waals surface area contributed by atoms with Crippen molar-refractivity contribution in [1.82, 2.24) is 20.8 Å². The lowest BCUT2D eigenvalue weighted by molar-refractivity contribution is 0.0847. The topological polar surface area (TPSA) is 86.9 Å². The number of aromatic amines is 1. The van der Waals surface area contributed by atoms with Crippen LogP contribution in [-0.4, -0.2) is 21.8 Å². The number of carbonyl (C=O) groups excluding carboxylic acids is 2. The number of halogens is 1. The first-order valence-corrected chi connectivity index (χ1v) is 6.81. The molecule has 0 fully saturated rings. The Hall–Kier alpha value is -2.86. The number of hydrazine groups is 1. The summed E-state index contributed by atoms with van der Waals surface area (Å²) in [6.45, 7) is 0. The van der Waals surface area contributed by atoms with E-state index in [4.69, 9.17) is 11.6 Å². The Labute approximate surface area is 130 Å². The van der Waals surface area contributed by atoms with Crippen molar-refractivity contribution in [3.05, 3.63) is 65.1 Å². The molecular weight excluding hydrogens is 304 g/mol. The maximum absolute atomic E-state index is 12.1. The molecule has 3 aromatic rings. The molecule has 2 heterocycles. The third-order valence-electron chi connectivity index (χ3n) is 3.11. The normalized spacial score (nSPS) is 10.4. The molecule has 0 aliphatic rings. The van der Waals surface area contributed by atoms with Crippen LogP contribution in [0, 0.1) is 0 Å². The third-order valence-corrected chi connectivity index (χ3v) is 3.32. The van der Waals surface area contributed by atoms with E-state index in [1.54, 1.807) is 6.20 Å². The maximum atomic E-state index is 12.1. The first-order valence-electron chi connectivity index (χ1n) is 6.43. The minimum absolute atomic E-state index is 0.204. The van der Waals surface area contributed by atoms with E-state index in [0.29, 0.717) is 11.1 Å². The Bertz CT molecular complexity index is 859. The van der Waals surface area contributed by atoms with Gasteiger partial charge in [0.1, 0.15) is 5.15 Å². The highest BCUT2D eigenvalue weighted by Crippen LogP contribution is 2.17. The molecule has 0 atom stereocenters. The van der Waals surface area contributed by atoms with Gasteiger partial charge in [0.15, 0.2) is 0 Å². The van der Waals surface area contributed by atoms with Gasteiger partial charge in [0.25, 0.3) is 11.8 Å². The molecule has 22 heavy (non-hydrogen) atoms. The van der Waals surface area contributed by atoms with E-state index >= 15 is 0 Å². The minimum atomic E-state index is -0.475. The number of nitrogens with one attached hydrogen (secondary N) is 3. The first-order chi connectivity index (χ1) is 10.6. The largest absolute Gasteiger partial charge is 0.360 e. The van der Waals surface area contributed by atoms with Gasteiger partial charge in [-0.2, -0.15) is 0 Å². The SMILES string of the molecule is O=C(NNC(=O)c1c[nH]c2ccccc12)c1ccnc(Cl)c1. The average molecular weight is 315 g/mol. The van der Waals surface area contributed by atoms with Crippen LogP contribution in [0.2, 0.25) is 5.15 Å². The van der Waals surface area contributed by atoms with Crippen LogP contribution < -0.4 is 10.9 Å². The second-order valence-electron chi connectivity index (χ2n) is 4.52. The van der Waals surface area contributed by atoms with Gasteiger partial charge in [-0.05, 0) is 18.2 Å². The van der Waals surface area contributed by atoms with Crippen molar-refractivity contribution in [2.75, 3.05) is 0 Å². The van der Waals surface area contributed by atoms with Crippen molar-refractivity contribution < 1.29 is 9.59 Å². The molecule has 0 radical (unpaired) electrons. The summed E-state index contributed by atoms with van der Waals surface area (Å²) in [7, 11) is 0. The van der Waals surface area contributed by atoms with Crippen molar-refractivity contribution in [2.24, 2.45) is 0 Å². The number of rotatable bonds is 2. The fraction of sp³-hybridized carbons (Fsp3) is 0. The van der Waals surface area contributed by atoms with Crippen LogP contribution in [0.1, 0.15) is 20.7 Å².